The minimum atomic E-state index is -0.614. The number of carbonyl (C=O) groups is 1. The van der Waals surface area contributed by atoms with Gasteiger partial charge in [-0.05, 0) is 5.56 Å². The molecule has 5 nitrogen and oxygen atoms in total. The van der Waals surface area contributed by atoms with Gasteiger partial charge in [0, 0.05) is 17.3 Å². The Morgan fingerprint density at radius 2 is 1.57 bits per heavy atom. The molecule has 3 aromatic rings. The fourth-order valence-corrected chi connectivity index (χ4v) is 2.29. The lowest BCUT2D eigenvalue weighted by atomic mass is 10.0. The van der Waals surface area contributed by atoms with Gasteiger partial charge in [0.05, 0.1) is 0 Å². The Balaban J connectivity index is 2.08. The van der Waals surface area contributed by atoms with Crippen molar-refractivity contribution in [1.29, 1.82) is 0 Å². The van der Waals surface area contributed by atoms with Crippen LogP contribution in [0.4, 0.5) is 0 Å². The van der Waals surface area contributed by atoms with E-state index in [9.17, 15) is 4.79 Å². The van der Waals surface area contributed by atoms with Crippen LogP contribution in [-0.2, 0) is 0 Å². The summed E-state index contributed by atoms with van der Waals surface area (Å²) in [7, 11) is 0. The zero-order chi connectivity index (χ0) is 16.2. The van der Waals surface area contributed by atoms with Crippen molar-refractivity contribution in [2.24, 2.45) is 11.5 Å². The van der Waals surface area contributed by atoms with Crippen LogP contribution in [0.25, 0.3) is 23.0 Å². The Hall–Kier alpha value is -3.34. The van der Waals surface area contributed by atoms with E-state index in [2.05, 4.69) is 5.16 Å². The van der Waals surface area contributed by atoms with Gasteiger partial charge >= 0.3 is 0 Å². The van der Waals surface area contributed by atoms with Crippen LogP contribution in [0.1, 0.15) is 21.7 Å². The molecule has 0 fully saturated rings. The van der Waals surface area contributed by atoms with Crippen LogP contribution in [0.2, 0.25) is 0 Å². The van der Waals surface area contributed by atoms with Crippen LogP contribution in [0.5, 0.6) is 0 Å². The van der Waals surface area contributed by atoms with E-state index in [0.717, 1.165) is 11.1 Å². The number of hydrogen-bond acceptors (Lipinski definition) is 4. The Bertz CT molecular complexity index is 852. The van der Waals surface area contributed by atoms with E-state index in [4.69, 9.17) is 16.0 Å². The van der Waals surface area contributed by atoms with E-state index < -0.39 is 5.91 Å². The van der Waals surface area contributed by atoms with E-state index in [0.29, 0.717) is 11.4 Å². The van der Waals surface area contributed by atoms with Crippen LogP contribution in [0.15, 0.2) is 65.2 Å². The standard InChI is InChI=1S/C18H15N3O2/c19-14(12-7-3-1-4-8-12)11-15-16(18(20)22)17(21-23-15)13-9-5-2-6-10-13/h1-11H,19H2,(H2,20,22). The molecule has 0 aliphatic carbocycles. The Morgan fingerprint density at radius 1 is 0.957 bits per heavy atom. The molecule has 5 heteroatoms. The quantitative estimate of drug-likeness (QED) is 0.774. The van der Waals surface area contributed by atoms with Crippen molar-refractivity contribution in [2.75, 3.05) is 0 Å². The van der Waals surface area contributed by atoms with E-state index in [-0.39, 0.29) is 11.3 Å². The smallest absolute Gasteiger partial charge is 0.254 e. The second kappa shape index (κ2) is 6.19. The fraction of sp³-hybridized carbons (Fsp3) is 0. The van der Waals surface area contributed by atoms with Crippen molar-refractivity contribution in [3.05, 3.63) is 77.6 Å². The van der Waals surface area contributed by atoms with Crippen LogP contribution in [-0.4, -0.2) is 11.1 Å². The number of amides is 1. The highest BCUT2D eigenvalue weighted by Gasteiger charge is 2.21. The molecule has 0 aliphatic rings. The zero-order valence-electron chi connectivity index (χ0n) is 12.3. The third-order valence-corrected chi connectivity index (χ3v) is 3.41. The number of aromatic nitrogens is 1. The van der Waals surface area contributed by atoms with Gasteiger partial charge in [-0.15, -0.1) is 0 Å². The summed E-state index contributed by atoms with van der Waals surface area (Å²) in [4.78, 5) is 11.8. The van der Waals surface area contributed by atoms with E-state index in [1.54, 1.807) is 6.08 Å². The maximum absolute atomic E-state index is 11.8. The Morgan fingerprint density at radius 3 is 2.17 bits per heavy atom. The van der Waals surface area contributed by atoms with Gasteiger partial charge in [-0.2, -0.15) is 0 Å². The van der Waals surface area contributed by atoms with Crippen molar-refractivity contribution >= 4 is 17.7 Å². The second-order valence-electron chi connectivity index (χ2n) is 4.97. The molecular weight excluding hydrogens is 290 g/mol. The maximum atomic E-state index is 11.8. The largest absolute Gasteiger partial charge is 0.398 e. The average Bonchev–Trinajstić information content (AvgIpc) is 3.00. The summed E-state index contributed by atoms with van der Waals surface area (Å²) in [5.74, 6) is -0.366. The van der Waals surface area contributed by atoms with Gasteiger partial charge in [0.25, 0.3) is 5.91 Å². The first-order valence-electron chi connectivity index (χ1n) is 7.04. The number of carbonyl (C=O) groups excluding carboxylic acids is 1. The summed E-state index contributed by atoms with van der Waals surface area (Å²) in [6.07, 6.45) is 1.56. The fourth-order valence-electron chi connectivity index (χ4n) is 2.29. The molecule has 1 aromatic heterocycles. The summed E-state index contributed by atoms with van der Waals surface area (Å²) >= 11 is 0. The average molecular weight is 305 g/mol. The zero-order valence-corrected chi connectivity index (χ0v) is 12.3. The van der Waals surface area contributed by atoms with Gasteiger partial charge in [0.2, 0.25) is 0 Å². The normalized spacial score (nSPS) is 11.4. The molecule has 0 bridgehead atoms. The Kier molecular flexibility index (Phi) is 3.93. The number of rotatable bonds is 4. The molecule has 0 saturated carbocycles. The van der Waals surface area contributed by atoms with Gasteiger partial charge in [-0.1, -0.05) is 65.8 Å². The van der Waals surface area contributed by atoms with Crippen LogP contribution in [0, 0.1) is 0 Å². The molecule has 1 heterocycles. The molecule has 114 valence electrons. The monoisotopic (exact) mass is 305 g/mol. The van der Waals surface area contributed by atoms with E-state index in [1.807, 2.05) is 60.7 Å². The third kappa shape index (κ3) is 2.98. The van der Waals surface area contributed by atoms with Crippen molar-refractivity contribution in [1.82, 2.24) is 5.16 Å². The first-order valence-corrected chi connectivity index (χ1v) is 7.04. The minimum Gasteiger partial charge on any atom is -0.398 e. The van der Waals surface area contributed by atoms with Crippen molar-refractivity contribution in [2.45, 2.75) is 0 Å². The first kappa shape index (κ1) is 14.6. The van der Waals surface area contributed by atoms with Crippen LogP contribution >= 0.6 is 0 Å². The number of benzene rings is 2. The molecular formula is C18H15N3O2. The number of nitrogens with zero attached hydrogens (tertiary/aromatic N) is 1. The van der Waals surface area contributed by atoms with Gasteiger partial charge in [-0.25, -0.2) is 0 Å². The minimum absolute atomic E-state index is 0.218. The molecule has 3 rings (SSSR count). The molecule has 0 saturated heterocycles. The summed E-state index contributed by atoms with van der Waals surface area (Å²) in [6, 6.07) is 18.6. The molecule has 0 radical (unpaired) electrons. The lowest BCUT2D eigenvalue weighted by molar-refractivity contribution is 0.1000. The number of hydrogen-bond donors (Lipinski definition) is 2. The van der Waals surface area contributed by atoms with Crippen LogP contribution in [0.3, 0.4) is 0 Å². The lowest BCUT2D eigenvalue weighted by Gasteiger charge is -2.01. The van der Waals surface area contributed by atoms with Gasteiger partial charge in [-0.3, -0.25) is 4.79 Å². The van der Waals surface area contributed by atoms with Gasteiger partial charge < -0.3 is 16.0 Å². The predicted molar refractivity (Wildman–Crippen MR) is 89.0 cm³/mol. The molecule has 0 unspecified atom stereocenters. The number of nitrogens with two attached hydrogens (primary N) is 2. The topological polar surface area (TPSA) is 95.1 Å². The molecule has 0 atom stereocenters. The lowest BCUT2D eigenvalue weighted by Crippen LogP contribution is -2.13. The molecule has 1 amide bonds. The van der Waals surface area contributed by atoms with Crippen LogP contribution < -0.4 is 11.5 Å². The molecule has 23 heavy (non-hydrogen) atoms. The Labute approximate surface area is 133 Å². The van der Waals surface area contributed by atoms with E-state index in [1.165, 1.54) is 0 Å². The predicted octanol–water partition coefficient (Wildman–Crippen LogP) is 2.90. The summed E-state index contributed by atoms with van der Waals surface area (Å²) in [5.41, 5.74) is 14.2. The summed E-state index contributed by atoms with van der Waals surface area (Å²) in [6.45, 7) is 0. The highest BCUT2D eigenvalue weighted by molar-refractivity contribution is 6.02. The van der Waals surface area contributed by atoms with E-state index >= 15 is 0 Å². The SMILES string of the molecule is NC(=O)c1c(-c2ccccc2)noc1C=C(N)c1ccccc1. The first-order chi connectivity index (χ1) is 11.2. The molecule has 4 N–H and O–H groups in total. The maximum Gasteiger partial charge on any atom is 0.254 e. The molecule has 0 aliphatic heterocycles. The van der Waals surface area contributed by atoms with Crippen molar-refractivity contribution in [3.63, 3.8) is 0 Å². The van der Waals surface area contributed by atoms with Crippen molar-refractivity contribution in [3.8, 4) is 11.3 Å². The molecule has 0 spiro atoms. The molecule has 2 aromatic carbocycles. The third-order valence-electron chi connectivity index (χ3n) is 3.41. The summed E-state index contributed by atoms with van der Waals surface area (Å²) < 4.78 is 5.30. The second-order valence-corrected chi connectivity index (χ2v) is 4.97. The highest BCUT2D eigenvalue weighted by Crippen LogP contribution is 2.27. The van der Waals surface area contributed by atoms with Gasteiger partial charge in [0.15, 0.2) is 5.76 Å². The van der Waals surface area contributed by atoms with Gasteiger partial charge in [0.1, 0.15) is 11.3 Å². The van der Waals surface area contributed by atoms with Crippen molar-refractivity contribution < 1.29 is 9.32 Å². The highest BCUT2D eigenvalue weighted by atomic mass is 16.5. The number of primary amides is 1. The summed E-state index contributed by atoms with van der Waals surface area (Å²) in [5, 5.41) is 3.98.